The van der Waals surface area contributed by atoms with E-state index in [1.807, 2.05) is 0 Å². The lowest BCUT2D eigenvalue weighted by molar-refractivity contribution is 0.567. The molecule has 0 saturated heterocycles. The molecule has 0 aliphatic carbocycles. The topological polar surface area (TPSA) is 47.6 Å². The van der Waals surface area contributed by atoms with Crippen LogP contribution in [0.1, 0.15) is 11.1 Å². The Balaban J connectivity index is 3.52. The molecule has 0 saturated carbocycles. The van der Waals surface area contributed by atoms with Crippen LogP contribution in [0.3, 0.4) is 0 Å². The molecule has 1 aromatic carbocycles. The Morgan fingerprint density at radius 3 is 1.44 bits per heavy atom. The van der Waals surface area contributed by atoms with Gasteiger partial charge in [0.2, 0.25) is 0 Å². The first-order valence-corrected chi connectivity index (χ1v) is 5.70. The van der Waals surface area contributed by atoms with E-state index < -0.39 is 11.6 Å². The number of nitriles is 2. The monoisotopic (exact) mass is 348 g/mol. The van der Waals surface area contributed by atoms with E-state index in [-0.39, 0.29) is 32.9 Å². The zero-order chi connectivity index (χ0) is 12.3. The van der Waals surface area contributed by atoms with E-state index in [0.29, 0.717) is 0 Å². The Morgan fingerprint density at radius 2 is 1.19 bits per heavy atom. The van der Waals surface area contributed by atoms with Crippen LogP contribution in [-0.2, 0) is 12.8 Å². The smallest absolute Gasteiger partial charge is 0.143 e. The maximum absolute atomic E-state index is 13.7. The van der Waals surface area contributed by atoms with E-state index in [1.165, 1.54) is 0 Å². The van der Waals surface area contributed by atoms with Crippen molar-refractivity contribution in [1.82, 2.24) is 0 Å². The quantitative estimate of drug-likeness (QED) is 0.765. The highest BCUT2D eigenvalue weighted by Gasteiger charge is 2.21. The normalized spacial score (nSPS) is 9.62. The highest BCUT2D eigenvalue weighted by atomic mass is 79.9. The van der Waals surface area contributed by atoms with E-state index in [9.17, 15) is 8.78 Å². The van der Waals surface area contributed by atoms with Crippen molar-refractivity contribution in [3.63, 3.8) is 0 Å². The van der Waals surface area contributed by atoms with Crippen molar-refractivity contribution < 1.29 is 8.78 Å². The van der Waals surface area contributed by atoms with Gasteiger partial charge in [0.05, 0.1) is 33.9 Å². The van der Waals surface area contributed by atoms with Gasteiger partial charge in [-0.2, -0.15) is 10.5 Å². The molecule has 0 N–H and O–H groups in total. The summed E-state index contributed by atoms with van der Waals surface area (Å²) in [6.07, 6.45) is -0.483. The van der Waals surface area contributed by atoms with Crippen LogP contribution in [-0.4, -0.2) is 0 Å². The third-order valence-corrected chi connectivity index (χ3v) is 3.61. The lowest BCUT2D eigenvalue weighted by Crippen LogP contribution is -2.02. The minimum Gasteiger partial charge on any atom is -0.205 e. The number of benzene rings is 1. The number of rotatable bonds is 2. The third-order valence-electron chi connectivity index (χ3n) is 1.96. The van der Waals surface area contributed by atoms with Crippen molar-refractivity contribution in [2.24, 2.45) is 0 Å². The average Bonchev–Trinajstić information content (AvgIpc) is 2.28. The third kappa shape index (κ3) is 2.23. The predicted octanol–water partition coefficient (Wildman–Crippen LogP) is 3.62. The number of hydrogen-bond acceptors (Lipinski definition) is 2. The minimum absolute atomic E-state index is 0.0476. The summed E-state index contributed by atoms with van der Waals surface area (Å²) in [5.41, 5.74) is -0.0953. The van der Waals surface area contributed by atoms with Crippen LogP contribution in [0, 0.1) is 34.3 Å². The van der Waals surface area contributed by atoms with Crippen molar-refractivity contribution in [2.45, 2.75) is 12.8 Å². The van der Waals surface area contributed by atoms with Gasteiger partial charge in [-0.3, -0.25) is 0 Å². The molecule has 0 unspecified atom stereocenters. The summed E-state index contributed by atoms with van der Waals surface area (Å²) in [5.74, 6) is -1.42. The SMILES string of the molecule is N#CCc1c(F)c(Br)c(CC#N)c(F)c1Br. The van der Waals surface area contributed by atoms with Crippen molar-refractivity contribution in [2.75, 3.05) is 0 Å². The molecule has 0 bridgehead atoms. The molecule has 0 aliphatic heterocycles. The molecule has 0 aliphatic rings. The maximum atomic E-state index is 13.7. The lowest BCUT2D eigenvalue weighted by Gasteiger charge is -2.10. The molecule has 82 valence electrons. The molecular formula is C10H4Br2F2N2. The molecule has 0 atom stereocenters. The number of hydrogen-bond donors (Lipinski definition) is 0. The summed E-state index contributed by atoms with van der Waals surface area (Å²) >= 11 is 5.78. The molecule has 1 rings (SSSR count). The fourth-order valence-electron chi connectivity index (χ4n) is 1.19. The molecule has 16 heavy (non-hydrogen) atoms. The molecule has 6 heteroatoms. The first kappa shape index (κ1) is 13.1. The summed E-state index contributed by atoms with van der Waals surface area (Å²) in [7, 11) is 0. The van der Waals surface area contributed by atoms with Crippen molar-refractivity contribution in [1.29, 1.82) is 10.5 Å². The lowest BCUT2D eigenvalue weighted by atomic mass is 10.1. The molecule has 1 aromatic rings. The summed E-state index contributed by atoms with van der Waals surface area (Å²) in [4.78, 5) is 0. The average molecular weight is 350 g/mol. The molecule has 0 fully saturated rings. The van der Waals surface area contributed by atoms with Crippen molar-refractivity contribution in [3.8, 4) is 12.1 Å². The van der Waals surface area contributed by atoms with Gasteiger partial charge in [0.25, 0.3) is 0 Å². The Bertz CT molecular complexity index is 439. The second-order valence-corrected chi connectivity index (χ2v) is 4.47. The van der Waals surface area contributed by atoms with E-state index >= 15 is 0 Å². The summed E-state index contributed by atoms with van der Waals surface area (Å²) in [6.45, 7) is 0. The Morgan fingerprint density at radius 1 is 0.875 bits per heavy atom. The molecule has 2 nitrogen and oxygen atoms in total. The summed E-state index contributed by atoms with van der Waals surface area (Å²) < 4.78 is 27.2. The van der Waals surface area contributed by atoms with Crippen LogP contribution in [0.25, 0.3) is 0 Å². The molecular weight excluding hydrogens is 346 g/mol. The second kappa shape index (κ2) is 5.38. The first-order chi connectivity index (χ1) is 7.54. The fraction of sp³-hybridized carbons (Fsp3) is 0.200. The zero-order valence-corrected chi connectivity index (χ0v) is 11.0. The van der Waals surface area contributed by atoms with Crippen LogP contribution in [0.2, 0.25) is 0 Å². The van der Waals surface area contributed by atoms with Gasteiger partial charge in [-0.1, -0.05) is 0 Å². The van der Waals surface area contributed by atoms with E-state index in [2.05, 4.69) is 31.9 Å². The summed E-state index contributed by atoms with van der Waals surface area (Å²) in [5, 5.41) is 17.0. The van der Waals surface area contributed by atoms with Crippen LogP contribution in [0.15, 0.2) is 8.95 Å². The Labute approximate surface area is 108 Å². The molecule has 0 heterocycles. The Kier molecular flexibility index (Phi) is 4.40. The minimum atomic E-state index is -0.708. The predicted molar refractivity (Wildman–Crippen MR) is 60.4 cm³/mol. The molecule has 0 amide bonds. The van der Waals surface area contributed by atoms with Gasteiger partial charge in [-0.15, -0.1) is 0 Å². The zero-order valence-electron chi connectivity index (χ0n) is 7.82. The maximum Gasteiger partial charge on any atom is 0.143 e. The van der Waals surface area contributed by atoms with Gasteiger partial charge in [0.15, 0.2) is 0 Å². The van der Waals surface area contributed by atoms with Gasteiger partial charge >= 0.3 is 0 Å². The molecule has 0 spiro atoms. The summed E-state index contributed by atoms with van der Waals surface area (Å²) in [6, 6.07) is 3.50. The second-order valence-electron chi connectivity index (χ2n) is 2.88. The standard InChI is InChI=1S/C10H4Br2F2N2/c11-7-5(1-3-15)9(13)8(12)6(2-4-16)10(7)14/h1-2H2. The largest absolute Gasteiger partial charge is 0.205 e. The van der Waals surface area contributed by atoms with E-state index in [0.717, 1.165) is 0 Å². The van der Waals surface area contributed by atoms with Gasteiger partial charge < -0.3 is 0 Å². The van der Waals surface area contributed by atoms with E-state index in [4.69, 9.17) is 10.5 Å². The van der Waals surface area contributed by atoms with Gasteiger partial charge in [0, 0.05) is 11.1 Å². The fourth-order valence-corrected chi connectivity index (χ4v) is 2.30. The van der Waals surface area contributed by atoms with Crippen LogP contribution in [0.5, 0.6) is 0 Å². The van der Waals surface area contributed by atoms with Gasteiger partial charge in [0.1, 0.15) is 11.6 Å². The highest BCUT2D eigenvalue weighted by molar-refractivity contribution is 9.11. The van der Waals surface area contributed by atoms with Crippen LogP contribution < -0.4 is 0 Å². The van der Waals surface area contributed by atoms with Crippen LogP contribution in [0.4, 0.5) is 8.78 Å². The number of nitrogens with zero attached hydrogens (tertiary/aromatic N) is 2. The van der Waals surface area contributed by atoms with Gasteiger partial charge in [-0.25, -0.2) is 8.78 Å². The highest BCUT2D eigenvalue weighted by Crippen LogP contribution is 2.34. The van der Waals surface area contributed by atoms with Crippen LogP contribution >= 0.6 is 31.9 Å². The van der Waals surface area contributed by atoms with E-state index in [1.54, 1.807) is 12.1 Å². The number of halogens is 4. The first-order valence-electron chi connectivity index (χ1n) is 4.12. The van der Waals surface area contributed by atoms with Crippen molar-refractivity contribution in [3.05, 3.63) is 31.7 Å². The molecule has 0 aromatic heterocycles. The Hall–Kier alpha value is -0.980. The van der Waals surface area contributed by atoms with Gasteiger partial charge in [-0.05, 0) is 31.9 Å². The molecule has 0 radical (unpaired) electrons. The van der Waals surface area contributed by atoms with Crippen molar-refractivity contribution >= 4 is 31.9 Å².